The van der Waals surface area contributed by atoms with Crippen LogP contribution in [0.4, 0.5) is 0 Å². The van der Waals surface area contributed by atoms with E-state index in [1.54, 1.807) is 0 Å². The number of H-pyrrole nitrogens is 1. The van der Waals surface area contributed by atoms with Crippen LogP contribution in [0.2, 0.25) is 0 Å². The average molecular weight is 183 g/mol. The molecule has 0 bridgehead atoms. The van der Waals surface area contributed by atoms with Crippen molar-refractivity contribution in [3.05, 3.63) is 36.0 Å². The minimum Gasteiger partial charge on any atom is -0.361 e. The number of hydrogen-bond donors (Lipinski definition) is 1. The van der Waals surface area contributed by atoms with E-state index in [2.05, 4.69) is 16.8 Å². The molecule has 0 fully saturated rings. The topological polar surface area (TPSA) is 32.9 Å². The summed E-state index contributed by atoms with van der Waals surface area (Å²) in [4.78, 5) is 13.2. The van der Waals surface area contributed by atoms with Gasteiger partial charge in [0.2, 0.25) is 0 Å². The van der Waals surface area contributed by atoms with Crippen LogP contribution in [0.25, 0.3) is 10.9 Å². The Morgan fingerprint density at radius 1 is 1.36 bits per heavy atom. The molecule has 0 aliphatic rings. The van der Waals surface area contributed by atoms with E-state index < -0.39 is 0 Å². The van der Waals surface area contributed by atoms with Crippen LogP contribution >= 0.6 is 0 Å². The lowest BCUT2D eigenvalue weighted by molar-refractivity contribution is -0.107. The van der Waals surface area contributed by atoms with Crippen LogP contribution in [0, 0.1) is 11.8 Å². The number of aldehydes is 1. The zero-order valence-corrected chi connectivity index (χ0v) is 7.58. The highest BCUT2D eigenvalue weighted by molar-refractivity contribution is 5.80. The monoisotopic (exact) mass is 183 g/mol. The number of aromatic amines is 1. The van der Waals surface area contributed by atoms with Crippen molar-refractivity contribution in [1.82, 2.24) is 4.98 Å². The van der Waals surface area contributed by atoms with Crippen LogP contribution in [-0.4, -0.2) is 11.3 Å². The third-order valence-electron chi connectivity index (χ3n) is 1.97. The van der Waals surface area contributed by atoms with Gasteiger partial charge in [0.25, 0.3) is 0 Å². The maximum Gasteiger partial charge on any atom is 0.131 e. The van der Waals surface area contributed by atoms with Crippen molar-refractivity contribution >= 4 is 17.2 Å². The number of carbonyl (C=O) groups is 1. The van der Waals surface area contributed by atoms with Gasteiger partial charge in [-0.2, -0.15) is 0 Å². The van der Waals surface area contributed by atoms with Crippen molar-refractivity contribution in [3.8, 4) is 11.8 Å². The van der Waals surface area contributed by atoms with Crippen LogP contribution in [0.1, 0.15) is 12.0 Å². The van der Waals surface area contributed by atoms with Gasteiger partial charge < -0.3 is 9.78 Å². The predicted octanol–water partition coefficient (Wildman–Crippen LogP) is 2.11. The fourth-order valence-corrected chi connectivity index (χ4v) is 1.33. The molecule has 0 saturated heterocycles. The largest absolute Gasteiger partial charge is 0.361 e. The second kappa shape index (κ2) is 3.80. The number of aromatic nitrogens is 1. The Balaban J connectivity index is 2.35. The third-order valence-corrected chi connectivity index (χ3v) is 1.97. The van der Waals surface area contributed by atoms with Gasteiger partial charge in [-0.3, -0.25) is 0 Å². The molecule has 2 rings (SSSR count). The van der Waals surface area contributed by atoms with Crippen molar-refractivity contribution in [2.24, 2.45) is 0 Å². The third kappa shape index (κ3) is 1.67. The normalized spacial score (nSPS) is 9.43. The van der Waals surface area contributed by atoms with E-state index in [1.807, 2.05) is 30.5 Å². The first-order chi connectivity index (χ1) is 6.90. The van der Waals surface area contributed by atoms with E-state index in [0.717, 1.165) is 22.8 Å². The summed E-state index contributed by atoms with van der Waals surface area (Å²) in [5.74, 6) is 5.71. The first-order valence-electron chi connectivity index (χ1n) is 4.40. The molecular weight excluding hydrogens is 174 g/mol. The van der Waals surface area contributed by atoms with Gasteiger partial charge in [0, 0.05) is 22.7 Å². The summed E-state index contributed by atoms with van der Waals surface area (Å²) < 4.78 is 0. The molecule has 1 aromatic carbocycles. The number of rotatable bonds is 1. The van der Waals surface area contributed by atoms with Crippen LogP contribution in [0.5, 0.6) is 0 Å². The van der Waals surface area contributed by atoms with Gasteiger partial charge in [0.1, 0.15) is 6.29 Å². The zero-order chi connectivity index (χ0) is 9.80. The number of hydrogen-bond acceptors (Lipinski definition) is 1. The Bertz CT molecular complexity index is 514. The smallest absolute Gasteiger partial charge is 0.131 e. The second-order valence-corrected chi connectivity index (χ2v) is 2.95. The van der Waals surface area contributed by atoms with E-state index in [1.165, 1.54) is 0 Å². The van der Waals surface area contributed by atoms with Crippen LogP contribution in [0.3, 0.4) is 0 Å². The molecule has 2 aromatic rings. The molecule has 0 amide bonds. The first kappa shape index (κ1) is 8.58. The molecule has 0 saturated carbocycles. The lowest BCUT2D eigenvalue weighted by Gasteiger charge is -1.90. The lowest BCUT2D eigenvalue weighted by Crippen LogP contribution is -1.74. The Hall–Kier alpha value is -2.01. The SMILES string of the molecule is O=CCC#Cc1ccc2[nH]ccc2c1. The fourth-order valence-electron chi connectivity index (χ4n) is 1.33. The van der Waals surface area contributed by atoms with Crippen molar-refractivity contribution in [1.29, 1.82) is 0 Å². The first-order valence-corrected chi connectivity index (χ1v) is 4.40. The molecule has 1 aromatic heterocycles. The molecule has 0 aliphatic carbocycles. The maximum atomic E-state index is 10.1. The molecular formula is C12H9NO. The van der Waals surface area contributed by atoms with E-state index in [-0.39, 0.29) is 0 Å². The molecule has 2 heteroatoms. The van der Waals surface area contributed by atoms with Crippen molar-refractivity contribution in [2.45, 2.75) is 6.42 Å². The summed E-state index contributed by atoms with van der Waals surface area (Å²) in [6, 6.07) is 7.93. The standard InChI is InChI=1S/C12H9NO/c14-8-2-1-3-10-4-5-12-11(9-10)6-7-13-12/h4-9,13H,2H2. The van der Waals surface area contributed by atoms with Gasteiger partial charge in [0.05, 0.1) is 6.42 Å². The van der Waals surface area contributed by atoms with Crippen LogP contribution in [0.15, 0.2) is 30.5 Å². The summed E-state index contributed by atoms with van der Waals surface area (Å²) in [5.41, 5.74) is 2.05. The van der Waals surface area contributed by atoms with E-state index in [4.69, 9.17) is 0 Å². The van der Waals surface area contributed by atoms with Crippen molar-refractivity contribution in [2.75, 3.05) is 0 Å². The quantitative estimate of drug-likeness (QED) is 0.533. The van der Waals surface area contributed by atoms with Crippen molar-refractivity contribution < 1.29 is 4.79 Å². The summed E-state index contributed by atoms with van der Waals surface area (Å²) in [6.07, 6.45) is 3.00. The molecule has 2 nitrogen and oxygen atoms in total. The number of carbonyl (C=O) groups excluding carboxylic acids is 1. The van der Waals surface area contributed by atoms with Gasteiger partial charge in [-0.15, -0.1) is 0 Å². The van der Waals surface area contributed by atoms with Gasteiger partial charge >= 0.3 is 0 Å². The van der Waals surface area contributed by atoms with E-state index in [0.29, 0.717) is 6.42 Å². The summed E-state index contributed by atoms with van der Waals surface area (Å²) in [5, 5.41) is 1.14. The molecule has 0 unspecified atom stereocenters. The Morgan fingerprint density at radius 2 is 2.29 bits per heavy atom. The number of benzene rings is 1. The highest BCUT2D eigenvalue weighted by Gasteiger charge is 1.93. The molecule has 0 atom stereocenters. The van der Waals surface area contributed by atoms with Crippen LogP contribution < -0.4 is 0 Å². The van der Waals surface area contributed by atoms with E-state index in [9.17, 15) is 4.79 Å². The fraction of sp³-hybridized carbons (Fsp3) is 0.0833. The highest BCUT2D eigenvalue weighted by Crippen LogP contribution is 2.13. The summed E-state index contributed by atoms with van der Waals surface area (Å²) >= 11 is 0. The van der Waals surface area contributed by atoms with E-state index >= 15 is 0 Å². The molecule has 0 spiro atoms. The Kier molecular flexibility index (Phi) is 2.33. The Morgan fingerprint density at radius 3 is 3.14 bits per heavy atom. The number of nitrogens with one attached hydrogen (secondary N) is 1. The minimum absolute atomic E-state index is 0.297. The lowest BCUT2D eigenvalue weighted by atomic mass is 10.1. The highest BCUT2D eigenvalue weighted by atomic mass is 16.1. The average Bonchev–Trinajstić information content (AvgIpc) is 2.65. The maximum absolute atomic E-state index is 10.1. The van der Waals surface area contributed by atoms with Gasteiger partial charge in [-0.1, -0.05) is 11.8 Å². The zero-order valence-electron chi connectivity index (χ0n) is 7.58. The Labute approximate surface area is 81.9 Å². The molecule has 14 heavy (non-hydrogen) atoms. The summed E-state index contributed by atoms with van der Waals surface area (Å²) in [6.45, 7) is 0. The molecule has 1 heterocycles. The van der Waals surface area contributed by atoms with Crippen LogP contribution in [-0.2, 0) is 4.79 Å². The molecule has 0 radical (unpaired) electrons. The van der Waals surface area contributed by atoms with Gasteiger partial charge in [-0.25, -0.2) is 0 Å². The molecule has 1 N–H and O–H groups in total. The molecule has 68 valence electrons. The molecule has 0 aliphatic heterocycles. The number of fused-ring (bicyclic) bond motifs is 1. The van der Waals surface area contributed by atoms with Gasteiger partial charge in [-0.05, 0) is 24.3 Å². The van der Waals surface area contributed by atoms with Crippen molar-refractivity contribution in [3.63, 3.8) is 0 Å². The van der Waals surface area contributed by atoms with Gasteiger partial charge in [0.15, 0.2) is 0 Å². The second-order valence-electron chi connectivity index (χ2n) is 2.95. The minimum atomic E-state index is 0.297. The predicted molar refractivity (Wildman–Crippen MR) is 55.9 cm³/mol. The summed E-state index contributed by atoms with van der Waals surface area (Å²) in [7, 11) is 0.